The quantitative estimate of drug-likeness (QED) is 0.545. The molecule has 0 saturated heterocycles. The molecule has 0 aliphatic carbocycles. The number of ether oxygens (including phenoxy) is 2. The summed E-state index contributed by atoms with van der Waals surface area (Å²) in [4.78, 5) is 34.5. The minimum absolute atomic E-state index is 0.237. The number of hydrogen-bond acceptors (Lipinski definition) is 5. The lowest BCUT2D eigenvalue weighted by Gasteiger charge is -2.27. The zero-order chi connectivity index (χ0) is 13.6. The summed E-state index contributed by atoms with van der Waals surface area (Å²) in [5.74, 6) is -2.19. The van der Waals surface area contributed by atoms with Crippen molar-refractivity contribution >= 4 is 17.9 Å². The van der Waals surface area contributed by atoms with E-state index in [1.54, 1.807) is 27.7 Å². The molecular weight excluding hydrogens is 224 g/mol. The molecule has 0 fully saturated rings. The van der Waals surface area contributed by atoms with Gasteiger partial charge < -0.3 is 9.47 Å². The van der Waals surface area contributed by atoms with Crippen LogP contribution >= 0.6 is 0 Å². The van der Waals surface area contributed by atoms with Crippen molar-refractivity contribution in [3.63, 3.8) is 0 Å². The highest BCUT2D eigenvalue weighted by Crippen LogP contribution is 2.30. The highest BCUT2D eigenvalue weighted by atomic mass is 16.6. The molecule has 17 heavy (non-hydrogen) atoms. The van der Waals surface area contributed by atoms with Crippen molar-refractivity contribution in [1.29, 1.82) is 0 Å². The predicted octanol–water partition coefficient (Wildman–Crippen LogP) is 1.83. The van der Waals surface area contributed by atoms with E-state index in [2.05, 4.69) is 4.74 Å². The topological polar surface area (TPSA) is 69.7 Å². The lowest BCUT2D eigenvalue weighted by molar-refractivity contribution is -0.178. The molecule has 98 valence electrons. The van der Waals surface area contributed by atoms with Gasteiger partial charge in [-0.3, -0.25) is 14.4 Å². The second kappa shape index (κ2) is 6.37. The Morgan fingerprint density at radius 3 is 1.82 bits per heavy atom. The van der Waals surface area contributed by atoms with Gasteiger partial charge in [-0.05, 0) is 26.7 Å². The van der Waals surface area contributed by atoms with E-state index in [1.807, 2.05) is 0 Å². The number of carbonyl (C=O) groups is 3. The number of hydrogen-bond donors (Lipinski definition) is 0. The first-order valence-electron chi connectivity index (χ1n) is 5.74. The van der Waals surface area contributed by atoms with Crippen molar-refractivity contribution in [1.82, 2.24) is 0 Å². The molecule has 0 bridgehead atoms. The fourth-order valence-electron chi connectivity index (χ4n) is 1.47. The fraction of sp³-hybridized carbons (Fsp3) is 0.750. The van der Waals surface area contributed by atoms with Crippen molar-refractivity contribution in [3.05, 3.63) is 0 Å². The third-order valence-corrected chi connectivity index (χ3v) is 2.57. The standard InChI is InChI=1S/C12H20O5/c1-6-12(7-2,10(14)16-8(3)4)11(15)17-9(5)13/h8H,6-7H2,1-5H3. The molecule has 0 saturated carbocycles. The molecule has 0 rings (SSSR count). The van der Waals surface area contributed by atoms with E-state index in [0.717, 1.165) is 6.92 Å². The van der Waals surface area contributed by atoms with Crippen LogP contribution in [0.1, 0.15) is 47.5 Å². The van der Waals surface area contributed by atoms with Gasteiger partial charge in [0.1, 0.15) is 0 Å². The van der Waals surface area contributed by atoms with Gasteiger partial charge in [-0.25, -0.2) is 0 Å². The molecule has 0 spiro atoms. The van der Waals surface area contributed by atoms with Crippen LogP contribution in [-0.4, -0.2) is 24.0 Å². The van der Waals surface area contributed by atoms with Crippen LogP contribution in [0, 0.1) is 5.41 Å². The van der Waals surface area contributed by atoms with Crippen molar-refractivity contribution in [2.45, 2.75) is 53.6 Å². The van der Waals surface area contributed by atoms with Crippen LogP contribution in [0.2, 0.25) is 0 Å². The Morgan fingerprint density at radius 2 is 1.53 bits per heavy atom. The summed E-state index contributed by atoms with van der Waals surface area (Å²) in [6.07, 6.45) is 0.160. The maximum Gasteiger partial charge on any atom is 0.331 e. The van der Waals surface area contributed by atoms with Crippen molar-refractivity contribution < 1.29 is 23.9 Å². The van der Waals surface area contributed by atoms with Crippen LogP contribution in [0.4, 0.5) is 0 Å². The summed E-state index contributed by atoms with van der Waals surface area (Å²) >= 11 is 0. The van der Waals surface area contributed by atoms with E-state index < -0.39 is 23.3 Å². The third-order valence-electron chi connectivity index (χ3n) is 2.57. The second-order valence-corrected chi connectivity index (χ2v) is 4.12. The maximum absolute atomic E-state index is 11.9. The SMILES string of the molecule is CCC(CC)(C(=O)OC(C)=O)C(=O)OC(C)C. The second-order valence-electron chi connectivity index (χ2n) is 4.12. The number of rotatable bonds is 5. The Morgan fingerprint density at radius 1 is 1.06 bits per heavy atom. The van der Waals surface area contributed by atoms with Crippen molar-refractivity contribution in [2.75, 3.05) is 0 Å². The average molecular weight is 244 g/mol. The molecule has 0 radical (unpaired) electrons. The van der Waals surface area contributed by atoms with E-state index in [1.165, 1.54) is 0 Å². The van der Waals surface area contributed by atoms with Gasteiger partial charge in [0.25, 0.3) is 0 Å². The molecule has 0 atom stereocenters. The Labute approximate surface area is 101 Å². The summed E-state index contributed by atoms with van der Waals surface area (Å²) in [6.45, 7) is 7.90. The smallest absolute Gasteiger partial charge is 0.331 e. The zero-order valence-corrected chi connectivity index (χ0v) is 11.0. The van der Waals surface area contributed by atoms with Crippen LogP contribution in [0.25, 0.3) is 0 Å². The van der Waals surface area contributed by atoms with Gasteiger partial charge in [0, 0.05) is 6.92 Å². The lowest BCUT2D eigenvalue weighted by Crippen LogP contribution is -2.42. The fourth-order valence-corrected chi connectivity index (χ4v) is 1.47. The third kappa shape index (κ3) is 3.84. The first kappa shape index (κ1) is 15.6. The van der Waals surface area contributed by atoms with Crippen LogP contribution in [-0.2, 0) is 23.9 Å². The molecule has 0 aliphatic heterocycles. The first-order chi connectivity index (χ1) is 7.80. The zero-order valence-electron chi connectivity index (χ0n) is 11.0. The maximum atomic E-state index is 11.9. The monoisotopic (exact) mass is 244 g/mol. The Bertz CT molecular complexity index is 302. The number of carbonyl (C=O) groups excluding carboxylic acids is 3. The highest BCUT2D eigenvalue weighted by molar-refractivity contribution is 6.03. The molecule has 0 aromatic carbocycles. The van der Waals surface area contributed by atoms with Gasteiger partial charge in [0.05, 0.1) is 6.10 Å². The molecule has 5 heteroatoms. The number of esters is 3. The van der Waals surface area contributed by atoms with E-state index in [4.69, 9.17) is 4.74 Å². The normalized spacial score (nSPS) is 11.2. The summed E-state index contributed by atoms with van der Waals surface area (Å²) in [7, 11) is 0. The molecule has 0 N–H and O–H groups in total. The van der Waals surface area contributed by atoms with Crippen LogP contribution in [0.15, 0.2) is 0 Å². The van der Waals surface area contributed by atoms with Crippen LogP contribution < -0.4 is 0 Å². The Kier molecular flexibility index (Phi) is 5.85. The van der Waals surface area contributed by atoms with Gasteiger partial charge in [0.15, 0.2) is 5.41 Å². The van der Waals surface area contributed by atoms with Crippen molar-refractivity contribution in [3.8, 4) is 0 Å². The Hall–Kier alpha value is -1.39. The molecule has 5 nitrogen and oxygen atoms in total. The highest BCUT2D eigenvalue weighted by Gasteiger charge is 2.46. The van der Waals surface area contributed by atoms with E-state index in [-0.39, 0.29) is 18.9 Å². The average Bonchev–Trinajstić information content (AvgIpc) is 2.17. The molecule has 0 aromatic rings. The van der Waals surface area contributed by atoms with E-state index in [0.29, 0.717) is 0 Å². The summed E-state index contributed by atoms with van der Waals surface area (Å²) < 4.78 is 9.57. The van der Waals surface area contributed by atoms with Gasteiger partial charge in [-0.15, -0.1) is 0 Å². The predicted molar refractivity (Wildman–Crippen MR) is 61.0 cm³/mol. The molecule has 0 aromatic heterocycles. The summed E-state index contributed by atoms with van der Waals surface area (Å²) in [5, 5.41) is 0. The molecule has 0 aliphatic rings. The van der Waals surface area contributed by atoms with Gasteiger partial charge in [-0.1, -0.05) is 13.8 Å². The molecular formula is C12H20O5. The summed E-state index contributed by atoms with van der Waals surface area (Å²) in [6, 6.07) is 0. The molecule has 0 amide bonds. The van der Waals surface area contributed by atoms with E-state index in [9.17, 15) is 14.4 Å². The van der Waals surface area contributed by atoms with Crippen LogP contribution in [0.5, 0.6) is 0 Å². The summed E-state index contributed by atoms with van der Waals surface area (Å²) in [5.41, 5.74) is -1.38. The minimum atomic E-state index is -1.38. The van der Waals surface area contributed by atoms with Gasteiger partial charge in [0.2, 0.25) is 0 Å². The Balaban J connectivity index is 5.07. The largest absolute Gasteiger partial charge is 0.462 e. The lowest BCUT2D eigenvalue weighted by atomic mass is 9.82. The van der Waals surface area contributed by atoms with E-state index >= 15 is 0 Å². The van der Waals surface area contributed by atoms with Crippen molar-refractivity contribution in [2.24, 2.45) is 5.41 Å². The first-order valence-corrected chi connectivity index (χ1v) is 5.74. The minimum Gasteiger partial charge on any atom is -0.462 e. The molecule has 0 heterocycles. The van der Waals surface area contributed by atoms with Gasteiger partial charge in [-0.2, -0.15) is 0 Å². The van der Waals surface area contributed by atoms with Crippen LogP contribution in [0.3, 0.4) is 0 Å². The van der Waals surface area contributed by atoms with Gasteiger partial charge >= 0.3 is 17.9 Å². The molecule has 0 unspecified atom stereocenters.